The van der Waals surface area contributed by atoms with Crippen LogP contribution in [0.2, 0.25) is 0 Å². The van der Waals surface area contributed by atoms with Crippen LogP contribution in [0.1, 0.15) is 42.4 Å². The van der Waals surface area contributed by atoms with Crippen molar-refractivity contribution in [1.29, 1.82) is 0 Å². The van der Waals surface area contributed by atoms with Gasteiger partial charge in [-0.25, -0.2) is 4.98 Å². The average Bonchev–Trinajstić information content (AvgIpc) is 3.00. The standard InChI is InChI=1S/C23H22N4O4/c1-14(28)15-6-5-7-16(12-15)24-21(29)22(30)25-17-9-10-19-18(13-17)23(31)27-11-4-2-3-8-20(27)26-19/h5-7,9-10,12-13H,2-4,8,11H2,1H3,(H,24,29)(H,25,30). The van der Waals surface area contributed by atoms with Crippen LogP contribution in [0, 0.1) is 0 Å². The molecule has 3 aromatic rings. The number of aromatic nitrogens is 2. The summed E-state index contributed by atoms with van der Waals surface area (Å²) in [7, 11) is 0. The first-order valence-corrected chi connectivity index (χ1v) is 10.2. The topological polar surface area (TPSA) is 110 Å². The molecule has 1 aromatic heterocycles. The molecule has 31 heavy (non-hydrogen) atoms. The van der Waals surface area contributed by atoms with Crippen molar-refractivity contribution in [3.63, 3.8) is 0 Å². The van der Waals surface area contributed by atoms with Gasteiger partial charge in [0.1, 0.15) is 5.82 Å². The van der Waals surface area contributed by atoms with Crippen molar-refractivity contribution in [2.45, 2.75) is 39.2 Å². The number of hydrogen-bond donors (Lipinski definition) is 2. The van der Waals surface area contributed by atoms with E-state index in [1.54, 1.807) is 41.0 Å². The molecule has 4 rings (SSSR count). The highest BCUT2D eigenvalue weighted by Crippen LogP contribution is 2.19. The minimum absolute atomic E-state index is 0.136. The highest BCUT2D eigenvalue weighted by molar-refractivity contribution is 6.43. The van der Waals surface area contributed by atoms with E-state index in [2.05, 4.69) is 15.6 Å². The number of Topliss-reactive ketones (excluding diaryl/α,β-unsaturated/α-hetero) is 1. The number of hydrogen-bond acceptors (Lipinski definition) is 5. The fourth-order valence-electron chi connectivity index (χ4n) is 3.69. The zero-order chi connectivity index (χ0) is 22.0. The van der Waals surface area contributed by atoms with E-state index in [-0.39, 0.29) is 11.3 Å². The van der Waals surface area contributed by atoms with E-state index in [0.717, 1.165) is 31.5 Å². The monoisotopic (exact) mass is 418 g/mol. The zero-order valence-electron chi connectivity index (χ0n) is 17.1. The highest BCUT2D eigenvalue weighted by atomic mass is 16.2. The predicted octanol–water partition coefficient (Wildman–Crippen LogP) is 2.90. The molecule has 2 amide bonds. The number of anilines is 2. The summed E-state index contributed by atoms with van der Waals surface area (Å²) in [5.74, 6) is -1.11. The van der Waals surface area contributed by atoms with Gasteiger partial charge in [-0.15, -0.1) is 0 Å². The van der Waals surface area contributed by atoms with Crippen LogP contribution < -0.4 is 16.2 Å². The lowest BCUT2D eigenvalue weighted by Gasteiger charge is -2.11. The van der Waals surface area contributed by atoms with E-state index in [1.807, 2.05) is 0 Å². The van der Waals surface area contributed by atoms with Gasteiger partial charge in [-0.1, -0.05) is 18.6 Å². The van der Waals surface area contributed by atoms with Gasteiger partial charge in [0, 0.05) is 29.9 Å². The van der Waals surface area contributed by atoms with Crippen molar-refractivity contribution < 1.29 is 14.4 Å². The van der Waals surface area contributed by atoms with Crippen LogP contribution >= 0.6 is 0 Å². The Balaban J connectivity index is 1.54. The van der Waals surface area contributed by atoms with Gasteiger partial charge < -0.3 is 10.6 Å². The van der Waals surface area contributed by atoms with Crippen LogP contribution in [0.3, 0.4) is 0 Å². The van der Waals surface area contributed by atoms with Crippen molar-refractivity contribution in [2.24, 2.45) is 0 Å². The maximum absolute atomic E-state index is 12.9. The van der Waals surface area contributed by atoms with Crippen LogP contribution in [0.4, 0.5) is 11.4 Å². The molecular weight excluding hydrogens is 396 g/mol. The number of carbonyl (C=O) groups is 3. The number of amides is 2. The second kappa shape index (κ2) is 8.51. The van der Waals surface area contributed by atoms with Crippen LogP contribution in [-0.4, -0.2) is 27.1 Å². The summed E-state index contributed by atoms with van der Waals surface area (Å²) in [4.78, 5) is 53.6. The lowest BCUT2D eigenvalue weighted by Crippen LogP contribution is -2.29. The molecule has 0 saturated heterocycles. The summed E-state index contributed by atoms with van der Waals surface area (Å²) in [5, 5.41) is 5.39. The Labute approximate surface area is 178 Å². The predicted molar refractivity (Wildman–Crippen MR) is 117 cm³/mol. The molecule has 0 unspecified atom stereocenters. The van der Waals surface area contributed by atoms with Crippen LogP contribution in [0.5, 0.6) is 0 Å². The summed E-state index contributed by atoms with van der Waals surface area (Å²) in [5.41, 5.74) is 1.54. The molecular formula is C23H22N4O4. The molecule has 0 saturated carbocycles. The highest BCUT2D eigenvalue weighted by Gasteiger charge is 2.17. The van der Waals surface area contributed by atoms with Gasteiger partial charge in [-0.05, 0) is 50.1 Å². The Bertz CT molecular complexity index is 1260. The molecule has 0 atom stereocenters. The second-order valence-electron chi connectivity index (χ2n) is 7.57. The second-order valence-corrected chi connectivity index (χ2v) is 7.57. The average molecular weight is 418 g/mol. The first-order chi connectivity index (χ1) is 14.9. The van der Waals surface area contributed by atoms with E-state index in [1.165, 1.54) is 13.0 Å². The molecule has 1 aliphatic rings. The van der Waals surface area contributed by atoms with E-state index >= 15 is 0 Å². The van der Waals surface area contributed by atoms with Gasteiger partial charge in [-0.2, -0.15) is 0 Å². The van der Waals surface area contributed by atoms with Crippen molar-refractivity contribution in [3.05, 3.63) is 64.2 Å². The number of aryl methyl sites for hydroxylation is 1. The van der Waals surface area contributed by atoms with Crippen molar-refractivity contribution in [1.82, 2.24) is 9.55 Å². The third kappa shape index (κ3) is 4.37. The molecule has 8 heteroatoms. The SMILES string of the molecule is CC(=O)c1cccc(NC(=O)C(=O)Nc2ccc3nc4n(c(=O)c3c2)CCCCC4)c1. The largest absolute Gasteiger partial charge is 0.318 e. The molecule has 0 aliphatic carbocycles. The smallest absolute Gasteiger partial charge is 0.314 e. The van der Waals surface area contributed by atoms with Gasteiger partial charge >= 0.3 is 11.8 Å². The van der Waals surface area contributed by atoms with Crippen molar-refractivity contribution in [2.75, 3.05) is 10.6 Å². The molecule has 0 bridgehead atoms. The van der Waals surface area contributed by atoms with Crippen molar-refractivity contribution >= 4 is 39.9 Å². The van der Waals surface area contributed by atoms with Gasteiger partial charge in [0.05, 0.1) is 10.9 Å². The third-order valence-corrected chi connectivity index (χ3v) is 5.31. The molecule has 2 aromatic carbocycles. The fraction of sp³-hybridized carbons (Fsp3) is 0.261. The number of nitrogens with zero attached hydrogens (tertiary/aromatic N) is 2. The molecule has 2 N–H and O–H groups in total. The van der Waals surface area contributed by atoms with Gasteiger partial charge in [0.2, 0.25) is 0 Å². The molecule has 0 radical (unpaired) electrons. The van der Waals surface area contributed by atoms with Crippen molar-refractivity contribution in [3.8, 4) is 0 Å². The maximum atomic E-state index is 12.9. The van der Waals surface area contributed by atoms with E-state index in [0.29, 0.717) is 34.4 Å². The normalized spacial score (nSPS) is 13.2. The van der Waals surface area contributed by atoms with E-state index in [9.17, 15) is 19.2 Å². The molecule has 1 aliphatic heterocycles. The maximum Gasteiger partial charge on any atom is 0.314 e. The Morgan fingerprint density at radius 1 is 0.935 bits per heavy atom. The Morgan fingerprint density at radius 2 is 1.68 bits per heavy atom. The zero-order valence-corrected chi connectivity index (χ0v) is 17.1. The first-order valence-electron chi connectivity index (χ1n) is 10.2. The number of ketones is 1. The lowest BCUT2D eigenvalue weighted by molar-refractivity contribution is -0.132. The Morgan fingerprint density at radius 3 is 2.42 bits per heavy atom. The number of nitrogens with one attached hydrogen (secondary N) is 2. The molecule has 0 fully saturated rings. The Hall–Kier alpha value is -3.81. The number of carbonyl (C=O) groups excluding carboxylic acids is 3. The number of rotatable bonds is 3. The molecule has 8 nitrogen and oxygen atoms in total. The van der Waals surface area contributed by atoms with Crippen LogP contribution in [-0.2, 0) is 22.6 Å². The minimum Gasteiger partial charge on any atom is -0.318 e. The molecule has 158 valence electrons. The quantitative estimate of drug-likeness (QED) is 0.502. The molecule has 0 spiro atoms. The van der Waals surface area contributed by atoms with E-state index < -0.39 is 11.8 Å². The fourth-order valence-corrected chi connectivity index (χ4v) is 3.69. The summed E-state index contributed by atoms with van der Waals surface area (Å²) in [6.45, 7) is 2.05. The number of fused-ring (bicyclic) bond motifs is 2. The van der Waals surface area contributed by atoms with Crippen LogP contribution in [0.15, 0.2) is 47.3 Å². The lowest BCUT2D eigenvalue weighted by atomic mass is 10.1. The summed E-state index contributed by atoms with van der Waals surface area (Å²) >= 11 is 0. The number of benzene rings is 2. The Kier molecular flexibility index (Phi) is 5.62. The van der Waals surface area contributed by atoms with Gasteiger partial charge in [-0.3, -0.25) is 23.7 Å². The first kappa shape index (κ1) is 20.5. The van der Waals surface area contributed by atoms with Gasteiger partial charge in [0.15, 0.2) is 5.78 Å². The van der Waals surface area contributed by atoms with E-state index in [4.69, 9.17) is 0 Å². The van der Waals surface area contributed by atoms with Gasteiger partial charge in [0.25, 0.3) is 5.56 Å². The summed E-state index contributed by atoms with van der Waals surface area (Å²) < 4.78 is 1.70. The molecule has 2 heterocycles. The van der Waals surface area contributed by atoms with Crippen LogP contribution in [0.25, 0.3) is 10.9 Å². The summed E-state index contributed by atoms with van der Waals surface area (Å²) in [6, 6.07) is 11.2. The third-order valence-electron chi connectivity index (χ3n) is 5.31. The summed E-state index contributed by atoms with van der Waals surface area (Å²) in [6.07, 6.45) is 3.78. The minimum atomic E-state index is -0.879.